The summed E-state index contributed by atoms with van der Waals surface area (Å²) in [6.45, 7) is 0.821. The Morgan fingerprint density at radius 2 is 2.17 bits per heavy atom. The van der Waals surface area contributed by atoms with Gasteiger partial charge in [-0.1, -0.05) is 0 Å². The normalized spacial score (nSPS) is 16.3. The Balaban J connectivity index is 2.16. The van der Waals surface area contributed by atoms with E-state index in [-0.39, 0.29) is 0 Å². The van der Waals surface area contributed by atoms with Gasteiger partial charge in [-0.2, -0.15) is 0 Å². The minimum absolute atomic E-state index is 0.370. The van der Waals surface area contributed by atoms with Crippen LogP contribution in [0.3, 0.4) is 0 Å². The van der Waals surface area contributed by atoms with Crippen molar-refractivity contribution in [3.05, 3.63) is 17.8 Å². The summed E-state index contributed by atoms with van der Waals surface area (Å²) < 4.78 is 25.4. The van der Waals surface area contributed by atoms with Gasteiger partial charge < -0.3 is 4.57 Å². The zero-order chi connectivity index (χ0) is 12.9. The van der Waals surface area contributed by atoms with Gasteiger partial charge >= 0.3 is 0 Å². The van der Waals surface area contributed by atoms with Crippen molar-refractivity contribution in [1.29, 1.82) is 0 Å². The predicted molar refractivity (Wildman–Crippen MR) is 71.0 cm³/mol. The van der Waals surface area contributed by atoms with E-state index in [9.17, 15) is 13.2 Å². The van der Waals surface area contributed by atoms with Gasteiger partial charge in [0.05, 0.1) is 5.69 Å². The summed E-state index contributed by atoms with van der Waals surface area (Å²) in [6, 6.07) is 3.43. The van der Waals surface area contributed by atoms with Crippen LogP contribution in [0.25, 0.3) is 10.2 Å². The minimum atomic E-state index is -3.17. The van der Waals surface area contributed by atoms with E-state index in [2.05, 4.69) is 0 Å². The maximum Gasteiger partial charge on any atom is 0.184 e. The van der Waals surface area contributed by atoms with E-state index in [4.69, 9.17) is 0 Å². The van der Waals surface area contributed by atoms with Crippen molar-refractivity contribution in [2.75, 3.05) is 6.26 Å². The highest BCUT2D eigenvalue weighted by molar-refractivity contribution is 7.92. The lowest BCUT2D eigenvalue weighted by atomic mass is 10.4. The first-order chi connectivity index (χ1) is 8.49. The molecule has 1 fully saturated rings. The highest BCUT2D eigenvalue weighted by atomic mass is 32.2. The Kier molecular flexibility index (Phi) is 2.60. The van der Waals surface area contributed by atoms with Crippen molar-refractivity contribution in [1.82, 2.24) is 4.57 Å². The lowest BCUT2D eigenvalue weighted by molar-refractivity contribution is 0.111. The fraction of sp³-hybridized carbons (Fsp3) is 0.417. The van der Waals surface area contributed by atoms with Crippen LogP contribution < -0.4 is 0 Å². The van der Waals surface area contributed by atoms with Crippen molar-refractivity contribution < 1.29 is 13.2 Å². The van der Waals surface area contributed by atoms with E-state index in [1.807, 2.05) is 4.57 Å². The van der Waals surface area contributed by atoms with Crippen LogP contribution in [0.2, 0.25) is 0 Å². The Bertz CT molecular complexity index is 720. The molecular formula is C12H13NO3S2. The predicted octanol–water partition coefficient (Wildman–Crippen LogP) is 2.33. The highest BCUT2D eigenvalue weighted by Gasteiger charge is 2.25. The maximum absolute atomic E-state index is 11.5. The van der Waals surface area contributed by atoms with Crippen molar-refractivity contribution >= 4 is 37.7 Å². The van der Waals surface area contributed by atoms with Gasteiger partial charge in [0.2, 0.25) is 0 Å². The van der Waals surface area contributed by atoms with Crippen molar-refractivity contribution in [3.8, 4) is 0 Å². The molecule has 1 saturated carbocycles. The molecule has 0 spiro atoms. The second-order valence-electron chi connectivity index (χ2n) is 4.84. The lowest BCUT2D eigenvalue weighted by Gasteiger charge is -2.04. The molecule has 0 bridgehead atoms. The Morgan fingerprint density at radius 1 is 1.44 bits per heavy atom. The number of carbonyl (C=O) groups is 1. The second kappa shape index (κ2) is 3.93. The second-order valence-corrected chi connectivity index (χ2v) is 8.11. The molecule has 0 aliphatic heterocycles. The van der Waals surface area contributed by atoms with Crippen molar-refractivity contribution in [2.45, 2.75) is 23.6 Å². The molecule has 0 atom stereocenters. The average Bonchev–Trinajstić information content (AvgIpc) is 2.89. The van der Waals surface area contributed by atoms with Crippen LogP contribution >= 0.6 is 11.3 Å². The van der Waals surface area contributed by atoms with E-state index in [0.717, 1.165) is 23.0 Å². The number of rotatable bonds is 4. The van der Waals surface area contributed by atoms with Gasteiger partial charge in [-0.05, 0) is 30.9 Å². The molecule has 2 aromatic heterocycles. The third-order valence-corrected chi connectivity index (χ3v) is 6.18. The quantitative estimate of drug-likeness (QED) is 0.809. The fourth-order valence-corrected chi connectivity index (χ4v) is 4.15. The third kappa shape index (κ3) is 1.99. The fourth-order valence-electron chi connectivity index (χ4n) is 2.07. The molecule has 3 rings (SSSR count). The number of aldehydes is 1. The number of thiophene rings is 1. The summed E-state index contributed by atoms with van der Waals surface area (Å²) >= 11 is 1.25. The van der Waals surface area contributed by atoms with Gasteiger partial charge in [0.15, 0.2) is 16.1 Å². The molecule has 2 heterocycles. The van der Waals surface area contributed by atoms with E-state index < -0.39 is 9.84 Å². The van der Waals surface area contributed by atoms with Gasteiger partial charge in [-0.15, -0.1) is 11.3 Å². The number of aromatic nitrogens is 1. The Hall–Kier alpha value is -1.14. The molecule has 0 aromatic carbocycles. The van der Waals surface area contributed by atoms with Gasteiger partial charge in [0, 0.05) is 18.2 Å². The molecule has 0 N–H and O–H groups in total. The summed E-state index contributed by atoms with van der Waals surface area (Å²) in [4.78, 5) is 11.9. The molecule has 96 valence electrons. The average molecular weight is 283 g/mol. The largest absolute Gasteiger partial charge is 0.330 e. The van der Waals surface area contributed by atoms with Gasteiger partial charge in [-0.25, -0.2) is 8.42 Å². The Labute approximate surface area is 109 Å². The molecule has 1 aliphatic carbocycles. The summed E-state index contributed by atoms with van der Waals surface area (Å²) in [5.41, 5.74) is 0.642. The highest BCUT2D eigenvalue weighted by Crippen LogP contribution is 2.36. The molecular weight excluding hydrogens is 270 g/mol. The molecule has 0 unspecified atom stereocenters. The van der Waals surface area contributed by atoms with Gasteiger partial charge in [-0.3, -0.25) is 4.79 Å². The first-order valence-corrected chi connectivity index (χ1v) is 8.48. The smallest absolute Gasteiger partial charge is 0.184 e. The standard InChI is InChI=1S/C12H13NO3S2/c1-18(15,16)11-5-9-4-10(7-14)13(12(9)17-11)6-8-2-3-8/h4-5,7-8H,2-3,6H2,1H3. The molecule has 1 aliphatic rings. The maximum atomic E-state index is 11.5. The van der Waals surface area contributed by atoms with Gasteiger partial charge in [0.1, 0.15) is 9.04 Å². The van der Waals surface area contributed by atoms with Crippen LogP contribution in [0.4, 0.5) is 0 Å². The molecule has 18 heavy (non-hydrogen) atoms. The minimum Gasteiger partial charge on any atom is -0.330 e. The number of hydrogen-bond donors (Lipinski definition) is 0. The van der Waals surface area contributed by atoms with Crippen LogP contribution in [0.15, 0.2) is 16.3 Å². The van der Waals surface area contributed by atoms with Crippen molar-refractivity contribution in [2.24, 2.45) is 5.92 Å². The monoisotopic (exact) mass is 283 g/mol. The van der Waals surface area contributed by atoms with Crippen LogP contribution in [0.5, 0.6) is 0 Å². The SMILES string of the molecule is CS(=O)(=O)c1cc2cc(C=O)n(CC3CC3)c2s1. The van der Waals surface area contributed by atoms with E-state index >= 15 is 0 Å². The third-order valence-electron chi connectivity index (χ3n) is 3.20. The molecule has 0 saturated heterocycles. The molecule has 0 radical (unpaired) electrons. The van der Waals surface area contributed by atoms with Crippen LogP contribution in [-0.2, 0) is 16.4 Å². The van der Waals surface area contributed by atoms with E-state index in [1.54, 1.807) is 12.1 Å². The number of hydrogen-bond acceptors (Lipinski definition) is 4. The van der Waals surface area contributed by atoms with Crippen LogP contribution in [-0.4, -0.2) is 25.5 Å². The molecule has 2 aromatic rings. The molecule has 4 nitrogen and oxygen atoms in total. The number of nitrogens with zero attached hydrogens (tertiary/aromatic N) is 1. The van der Waals surface area contributed by atoms with E-state index in [0.29, 0.717) is 15.8 Å². The molecule has 6 heteroatoms. The lowest BCUT2D eigenvalue weighted by Crippen LogP contribution is -2.02. The van der Waals surface area contributed by atoms with Crippen LogP contribution in [0, 0.1) is 5.92 Å². The number of carbonyl (C=O) groups excluding carboxylic acids is 1. The van der Waals surface area contributed by atoms with Crippen molar-refractivity contribution in [3.63, 3.8) is 0 Å². The first kappa shape index (κ1) is 11.9. The van der Waals surface area contributed by atoms with E-state index in [1.165, 1.54) is 30.4 Å². The zero-order valence-corrected chi connectivity index (χ0v) is 11.6. The Morgan fingerprint density at radius 3 is 2.72 bits per heavy atom. The summed E-state index contributed by atoms with van der Waals surface area (Å²) in [5.74, 6) is 0.642. The summed E-state index contributed by atoms with van der Waals surface area (Å²) in [5, 5.41) is 0.850. The number of sulfone groups is 1. The summed E-state index contributed by atoms with van der Waals surface area (Å²) in [7, 11) is -3.17. The zero-order valence-electron chi connectivity index (χ0n) is 9.92. The topological polar surface area (TPSA) is 56.1 Å². The molecule has 0 amide bonds. The summed E-state index contributed by atoms with van der Waals surface area (Å²) in [6.07, 6.45) is 4.45. The number of fused-ring (bicyclic) bond motifs is 1. The van der Waals surface area contributed by atoms with Gasteiger partial charge in [0.25, 0.3) is 0 Å². The van der Waals surface area contributed by atoms with Crippen LogP contribution in [0.1, 0.15) is 23.3 Å². The first-order valence-electron chi connectivity index (χ1n) is 5.77.